The van der Waals surface area contributed by atoms with Gasteiger partial charge in [0.2, 0.25) is 0 Å². The first-order valence-electron chi connectivity index (χ1n) is 0. The Bertz CT molecular complexity index is 11.0. The summed E-state index contributed by atoms with van der Waals surface area (Å²) < 4.78 is 0. The Morgan fingerprint density at radius 3 is 0.333 bits per heavy atom. The number of halogens is 2. The van der Waals surface area contributed by atoms with Crippen LogP contribution in [0.4, 0.5) is 0 Å². The van der Waals surface area contributed by atoms with Gasteiger partial charge >= 0.3 is 17.1 Å². The predicted octanol–water partition coefficient (Wildman–Crippen LogP) is -8.88. The molecule has 55 valence electrons. The van der Waals surface area contributed by atoms with Gasteiger partial charge in [0.05, 0.1) is 0 Å². The summed E-state index contributed by atoms with van der Waals surface area (Å²) in [6.45, 7) is 0. The first kappa shape index (κ1) is 1050. The van der Waals surface area contributed by atoms with E-state index in [1.54, 1.807) is 0 Å². The molecule has 0 spiro atoms. The third kappa shape index (κ3) is 564. The van der Waals surface area contributed by atoms with E-state index >= 15 is 0 Å². The van der Waals surface area contributed by atoms with Crippen molar-refractivity contribution in [2.45, 2.75) is 0 Å². The third-order valence-electron chi connectivity index (χ3n) is 0. The van der Waals surface area contributed by atoms with Gasteiger partial charge in [0.25, 0.3) is 0 Å². The fourth-order valence-electron chi connectivity index (χ4n) is 0. The molecular formula is Cl2CuN6. The van der Waals surface area contributed by atoms with E-state index in [2.05, 4.69) is 0 Å². The van der Waals surface area contributed by atoms with Crippen molar-refractivity contribution in [1.29, 1.82) is 0 Å². The summed E-state index contributed by atoms with van der Waals surface area (Å²) in [6.07, 6.45) is 0. The number of nitrogens with zero attached hydrogens (tertiary/aromatic N) is 6. The van der Waals surface area contributed by atoms with E-state index in [4.69, 9.17) is 0 Å². The summed E-state index contributed by atoms with van der Waals surface area (Å²) in [4.78, 5) is 0. The van der Waals surface area contributed by atoms with Gasteiger partial charge in [0.1, 0.15) is 0 Å². The van der Waals surface area contributed by atoms with Crippen LogP contribution in [0.2, 0.25) is 0 Å². The smallest absolute Gasteiger partial charge is 1.00 e. The van der Waals surface area contributed by atoms with Crippen LogP contribution in [0.15, 0.2) is 0 Å². The minimum absolute atomic E-state index is 0. The molecule has 0 saturated carbocycles. The maximum absolute atomic E-state index is 0. The van der Waals surface area contributed by atoms with E-state index in [1.807, 2.05) is 0 Å². The Balaban J connectivity index is 0. The molecule has 6 nitrogen and oxygen atoms in total. The number of hydrogen-bond acceptors (Lipinski definition) is 0. The Labute approximate surface area is 79.1 Å². The van der Waals surface area contributed by atoms with Crippen LogP contribution in [0.1, 0.15) is 0 Å². The largest absolute Gasteiger partial charge is 2.00 e. The van der Waals surface area contributed by atoms with Crippen LogP contribution in [0.5, 0.6) is 0 Å². The first-order chi connectivity index (χ1) is 0. The van der Waals surface area contributed by atoms with Gasteiger partial charge in [-0.15, -0.1) is 0 Å². The van der Waals surface area contributed by atoms with Crippen molar-refractivity contribution in [3.63, 3.8) is 0 Å². The van der Waals surface area contributed by atoms with E-state index in [-0.39, 0.29) is 78.8 Å². The van der Waals surface area contributed by atoms with Gasteiger partial charge in [-0.1, -0.05) is 0 Å². The van der Waals surface area contributed by atoms with E-state index in [0.29, 0.717) is 0 Å². The molecule has 0 aromatic rings. The quantitative estimate of drug-likeness (QED) is 0.350. The van der Waals surface area contributed by atoms with Crippen molar-refractivity contribution in [2.24, 2.45) is 0 Å². The molecule has 9 heavy (non-hydrogen) atoms. The summed E-state index contributed by atoms with van der Waals surface area (Å²) in [5, 5.41) is 0. The predicted molar refractivity (Wildman–Crippen MR) is 12.8 cm³/mol. The van der Waals surface area contributed by atoms with Gasteiger partial charge in [-0.25, -0.2) is 0 Å². The Morgan fingerprint density at radius 1 is 0.333 bits per heavy atom. The molecule has 0 bridgehead atoms. The van der Waals surface area contributed by atoms with Gasteiger partial charge in [0.15, 0.2) is 0 Å². The summed E-state index contributed by atoms with van der Waals surface area (Å²) >= 11 is 0. The fourth-order valence-corrected chi connectivity index (χ4v) is 0. The molecule has 0 aliphatic rings. The van der Waals surface area contributed by atoms with Crippen LogP contribution in [-0.2, 0) is 17.1 Å². The average Bonchev–Trinajstić information content (AvgIpc) is 0. The second-order valence-electron chi connectivity index (χ2n) is 0. The molecule has 0 atom stereocenters. The standard InChI is InChI=1S/2ClH.Cu.6N/h2*1H;;;;;;;/q;;+2;;;;;;/p-2. The zero-order chi connectivity index (χ0) is 0. The Kier molecular flexibility index (Phi) is 86200. The molecular weight excluding hydrogens is 218 g/mol. The molecule has 0 rings (SSSR count). The van der Waals surface area contributed by atoms with Crippen molar-refractivity contribution in [3.05, 3.63) is 0 Å². The molecule has 9 heteroatoms. The van der Waals surface area contributed by atoms with E-state index < -0.39 is 0 Å². The zero-order valence-corrected chi connectivity index (χ0v) is 6.19. The molecule has 0 heterocycles. The van der Waals surface area contributed by atoms with Crippen LogP contribution in [0.25, 0.3) is 0 Å². The first-order valence-corrected chi connectivity index (χ1v) is 0. The molecule has 0 aliphatic heterocycles. The van der Waals surface area contributed by atoms with Crippen molar-refractivity contribution >= 4 is 0 Å². The van der Waals surface area contributed by atoms with Crippen LogP contribution in [0.3, 0.4) is 0 Å². The summed E-state index contributed by atoms with van der Waals surface area (Å²) in [7, 11) is 0. The summed E-state index contributed by atoms with van der Waals surface area (Å²) in [5.41, 5.74) is 0. The maximum Gasteiger partial charge on any atom is 2.00 e. The topological polar surface area (TPSA) is 183 Å². The average molecular weight is 218 g/mol. The molecule has 19 radical (unpaired) electrons. The third-order valence-corrected chi connectivity index (χ3v) is 0. The van der Waals surface area contributed by atoms with Crippen LogP contribution in [-0.4, -0.2) is 0 Å². The minimum atomic E-state index is 0. The molecule has 0 aromatic carbocycles. The zero-order valence-electron chi connectivity index (χ0n) is 3.74. The second-order valence-corrected chi connectivity index (χ2v) is 0. The molecule has 0 aliphatic carbocycles. The minimum Gasteiger partial charge on any atom is -1.00 e. The monoisotopic (exact) mass is 217 g/mol. The number of rotatable bonds is 0. The molecule has 0 saturated heterocycles. The van der Waals surface area contributed by atoms with Crippen LogP contribution < -0.4 is 61.7 Å². The summed E-state index contributed by atoms with van der Waals surface area (Å²) in [6, 6.07) is 0. The SMILES string of the molecule is [Cl-].[Cl-].[Cu+2].[N].[N].[N].[N].[N].[N]. The van der Waals surface area contributed by atoms with E-state index in [0.717, 1.165) is 0 Å². The van der Waals surface area contributed by atoms with Gasteiger partial charge in [0, 0.05) is 36.9 Å². The van der Waals surface area contributed by atoms with E-state index in [9.17, 15) is 0 Å². The van der Waals surface area contributed by atoms with Crippen LogP contribution in [0, 0.1) is 0 Å². The molecule has 0 fully saturated rings. The summed E-state index contributed by atoms with van der Waals surface area (Å²) in [5.74, 6) is 0. The van der Waals surface area contributed by atoms with Gasteiger partial charge < -0.3 is 24.8 Å². The fraction of sp³-hybridized carbons (Fsp3) is 0. The second kappa shape index (κ2) is 741. The maximum atomic E-state index is 0. The van der Waals surface area contributed by atoms with Crippen molar-refractivity contribution in [3.8, 4) is 0 Å². The van der Waals surface area contributed by atoms with Gasteiger partial charge in [-0.2, -0.15) is 0 Å². The van der Waals surface area contributed by atoms with E-state index in [1.165, 1.54) is 0 Å². The van der Waals surface area contributed by atoms with Crippen molar-refractivity contribution in [2.75, 3.05) is 0 Å². The van der Waals surface area contributed by atoms with Crippen molar-refractivity contribution < 1.29 is 41.9 Å². The van der Waals surface area contributed by atoms with Crippen molar-refractivity contribution in [1.82, 2.24) is 36.9 Å². The Hall–Kier alpha value is 0.859. The Morgan fingerprint density at radius 2 is 0.333 bits per heavy atom. The van der Waals surface area contributed by atoms with Gasteiger partial charge in [-0.05, 0) is 0 Å². The number of hydrogen-bond donors (Lipinski definition) is 0. The van der Waals surface area contributed by atoms with Crippen LogP contribution >= 0.6 is 0 Å². The molecule has 0 amide bonds. The molecule has 0 N–H and O–H groups in total. The molecule has 0 aromatic heterocycles. The normalized spacial score (nSPS) is 0. The molecule has 0 unspecified atom stereocenters. The van der Waals surface area contributed by atoms with Gasteiger partial charge in [-0.3, -0.25) is 0 Å².